The molecule has 0 aliphatic carbocycles. The van der Waals surface area contributed by atoms with Gasteiger partial charge in [-0.2, -0.15) is 4.98 Å². The average molecular weight is 344 g/mol. The van der Waals surface area contributed by atoms with Gasteiger partial charge in [0.05, 0.1) is 17.5 Å². The SMILES string of the molecule is CCCC[C@H](COC(=O)C(C)C)Nc1nc(N)nc2c(C)cccc12. The highest BCUT2D eigenvalue weighted by Crippen LogP contribution is 2.25. The monoisotopic (exact) mass is 344 g/mol. The number of ether oxygens (including phenoxy) is 1. The van der Waals surface area contributed by atoms with E-state index in [1.54, 1.807) is 0 Å². The predicted octanol–water partition coefficient (Wildman–Crippen LogP) is 3.69. The van der Waals surface area contributed by atoms with Crippen LogP contribution in [0.4, 0.5) is 11.8 Å². The molecule has 1 atom stereocenters. The van der Waals surface area contributed by atoms with Crippen molar-refractivity contribution in [3.63, 3.8) is 0 Å². The number of hydrogen-bond acceptors (Lipinski definition) is 6. The Bertz CT molecular complexity index is 731. The van der Waals surface area contributed by atoms with Crippen LogP contribution in [-0.4, -0.2) is 28.6 Å². The number of nitrogens with two attached hydrogens (primary N) is 1. The molecular formula is C19H28N4O2. The first kappa shape index (κ1) is 19.0. The molecule has 0 saturated carbocycles. The molecule has 0 unspecified atom stereocenters. The number of carbonyl (C=O) groups is 1. The zero-order valence-electron chi connectivity index (χ0n) is 15.5. The van der Waals surface area contributed by atoms with Crippen LogP contribution in [0.2, 0.25) is 0 Å². The second-order valence-electron chi connectivity index (χ2n) is 6.67. The summed E-state index contributed by atoms with van der Waals surface area (Å²) < 4.78 is 5.42. The second kappa shape index (κ2) is 8.65. The van der Waals surface area contributed by atoms with Crippen LogP contribution in [-0.2, 0) is 9.53 Å². The van der Waals surface area contributed by atoms with Gasteiger partial charge in [-0.3, -0.25) is 4.79 Å². The molecule has 1 heterocycles. The first-order valence-corrected chi connectivity index (χ1v) is 8.88. The number of hydrogen-bond donors (Lipinski definition) is 2. The Kier molecular flexibility index (Phi) is 6.56. The summed E-state index contributed by atoms with van der Waals surface area (Å²) in [5.41, 5.74) is 7.77. The number of unbranched alkanes of at least 4 members (excludes halogenated alkanes) is 1. The molecule has 0 amide bonds. The van der Waals surface area contributed by atoms with E-state index in [9.17, 15) is 4.79 Å². The number of fused-ring (bicyclic) bond motifs is 1. The molecule has 0 saturated heterocycles. The first-order valence-electron chi connectivity index (χ1n) is 8.88. The van der Waals surface area contributed by atoms with Crippen molar-refractivity contribution < 1.29 is 9.53 Å². The van der Waals surface area contributed by atoms with Crippen LogP contribution in [0, 0.1) is 12.8 Å². The fourth-order valence-electron chi connectivity index (χ4n) is 2.61. The van der Waals surface area contributed by atoms with Crippen LogP contribution >= 0.6 is 0 Å². The normalized spacial score (nSPS) is 12.4. The third-order valence-electron chi connectivity index (χ3n) is 4.09. The van der Waals surface area contributed by atoms with Crippen LogP contribution in [0.25, 0.3) is 10.9 Å². The number of nitrogens with one attached hydrogen (secondary N) is 1. The van der Waals surface area contributed by atoms with Gasteiger partial charge in [0.2, 0.25) is 5.95 Å². The van der Waals surface area contributed by atoms with Crippen LogP contribution in [0.5, 0.6) is 0 Å². The summed E-state index contributed by atoms with van der Waals surface area (Å²) in [6, 6.07) is 5.93. The summed E-state index contributed by atoms with van der Waals surface area (Å²) in [6.45, 7) is 8.11. The van der Waals surface area contributed by atoms with E-state index in [0.717, 1.165) is 35.7 Å². The number of anilines is 2. The van der Waals surface area contributed by atoms with E-state index in [1.165, 1.54) is 0 Å². The smallest absolute Gasteiger partial charge is 0.308 e. The molecule has 2 aromatic rings. The van der Waals surface area contributed by atoms with Gasteiger partial charge in [0.25, 0.3) is 0 Å². The van der Waals surface area contributed by atoms with Crippen molar-refractivity contribution in [3.05, 3.63) is 23.8 Å². The zero-order chi connectivity index (χ0) is 18.4. The highest BCUT2D eigenvalue weighted by atomic mass is 16.5. The molecular weight excluding hydrogens is 316 g/mol. The number of para-hydroxylation sites is 1. The Hall–Kier alpha value is -2.37. The lowest BCUT2D eigenvalue weighted by Gasteiger charge is -2.21. The Morgan fingerprint density at radius 2 is 2.08 bits per heavy atom. The van der Waals surface area contributed by atoms with Gasteiger partial charge in [0.15, 0.2) is 0 Å². The number of nitrogens with zero attached hydrogens (tertiary/aromatic N) is 2. The highest BCUT2D eigenvalue weighted by Gasteiger charge is 2.16. The van der Waals surface area contributed by atoms with Gasteiger partial charge in [-0.15, -0.1) is 0 Å². The minimum Gasteiger partial charge on any atom is -0.463 e. The average Bonchev–Trinajstić information content (AvgIpc) is 2.57. The molecule has 25 heavy (non-hydrogen) atoms. The van der Waals surface area contributed by atoms with Crippen LogP contribution in [0.1, 0.15) is 45.6 Å². The highest BCUT2D eigenvalue weighted by molar-refractivity contribution is 5.92. The van der Waals surface area contributed by atoms with Crippen LogP contribution in [0.15, 0.2) is 18.2 Å². The number of carbonyl (C=O) groups excluding carboxylic acids is 1. The maximum atomic E-state index is 11.8. The Morgan fingerprint density at radius 1 is 1.32 bits per heavy atom. The second-order valence-corrected chi connectivity index (χ2v) is 6.67. The van der Waals surface area contributed by atoms with E-state index in [4.69, 9.17) is 10.5 Å². The molecule has 0 aliphatic rings. The summed E-state index contributed by atoms with van der Waals surface area (Å²) in [5.74, 6) is 0.599. The zero-order valence-corrected chi connectivity index (χ0v) is 15.5. The third-order valence-corrected chi connectivity index (χ3v) is 4.09. The van der Waals surface area contributed by atoms with E-state index in [2.05, 4.69) is 22.2 Å². The summed E-state index contributed by atoms with van der Waals surface area (Å²) in [6.07, 6.45) is 3.00. The number of aryl methyl sites for hydroxylation is 1. The van der Waals surface area contributed by atoms with Crippen LogP contribution in [0.3, 0.4) is 0 Å². The van der Waals surface area contributed by atoms with Crippen LogP contribution < -0.4 is 11.1 Å². The van der Waals surface area contributed by atoms with E-state index in [-0.39, 0.29) is 23.9 Å². The minimum atomic E-state index is -0.189. The quantitative estimate of drug-likeness (QED) is 0.710. The molecule has 1 aromatic heterocycles. The maximum Gasteiger partial charge on any atom is 0.308 e. The maximum absolute atomic E-state index is 11.8. The predicted molar refractivity (Wildman–Crippen MR) is 101 cm³/mol. The standard InChI is InChI=1S/C19H28N4O2/c1-5-6-9-14(11-25-18(24)12(2)3)21-17-15-10-7-8-13(4)16(15)22-19(20)23-17/h7-8,10,12,14H,5-6,9,11H2,1-4H3,(H3,20,21,22,23)/t14-/m1/s1. The van der Waals surface area contributed by atoms with Crippen molar-refractivity contribution in [3.8, 4) is 0 Å². The van der Waals surface area contributed by atoms with Gasteiger partial charge in [0.1, 0.15) is 12.4 Å². The van der Waals surface area contributed by atoms with Gasteiger partial charge in [-0.25, -0.2) is 4.98 Å². The molecule has 3 N–H and O–H groups in total. The molecule has 1 aromatic carbocycles. The van der Waals surface area contributed by atoms with Crippen molar-refractivity contribution in [2.75, 3.05) is 17.7 Å². The Morgan fingerprint density at radius 3 is 2.76 bits per heavy atom. The van der Waals surface area contributed by atoms with Gasteiger partial charge in [-0.1, -0.05) is 45.7 Å². The molecule has 0 radical (unpaired) electrons. The number of aromatic nitrogens is 2. The molecule has 0 fully saturated rings. The van der Waals surface area contributed by atoms with Crippen molar-refractivity contribution >= 4 is 28.6 Å². The van der Waals surface area contributed by atoms with Crippen molar-refractivity contribution in [2.24, 2.45) is 5.92 Å². The molecule has 136 valence electrons. The lowest BCUT2D eigenvalue weighted by atomic mass is 10.1. The topological polar surface area (TPSA) is 90.1 Å². The molecule has 6 nitrogen and oxygen atoms in total. The number of esters is 1. The largest absolute Gasteiger partial charge is 0.463 e. The van der Waals surface area contributed by atoms with Gasteiger partial charge in [-0.05, 0) is 25.0 Å². The molecule has 6 heteroatoms. The molecule has 0 bridgehead atoms. The molecule has 0 spiro atoms. The number of nitrogen functional groups attached to an aromatic ring is 1. The Labute approximate surface area is 149 Å². The van der Waals surface area contributed by atoms with E-state index >= 15 is 0 Å². The fraction of sp³-hybridized carbons (Fsp3) is 0.526. The minimum absolute atomic E-state index is 0.0133. The number of benzene rings is 1. The fourth-order valence-corrected chi connectivity index (χ4v) is 2.61. The van der Waals surface area contributed by atoms with Crippen molar-refractivity contribution in [1.82, 2.24) is 9.97 Å². The van der Waals surface area contributed by atoms with Crippen molar-refractivity contribution in [1.29, 1.82) is 0 Å². The lowest BCUT2D eigenvalue weighted by Crippen LogP contribution is -2.29. The summed E-state index contributed by atoms with van der Waals surface area (Å²) >= 11 is 0. The molecule has 0 aliphatic heterocycles. The number of rotatable bonds is 8. The van der Waals surface area contributed by atoms with E-state index < -0.39 is 0 Å². The summed E-state index contributed by atoms with van der Waals surface area (Å²) in [7, 11) is 0. The third kappa shape index (κ3) is 5.05. The molecule has 2 rings (SSSR count). The lowest BCUT2D eigenvalue weighted by molar-refractivity contribution is -0.147. The van der Waals surface area contributed by atoms with Gasteiger partial charge < -0.3 is 15.8 Å². The first-order chi connectivity index (χ1) is 11.9. The van der Waals surface area contributed by atoms with Gasteiger partial charge >= 0.3 is 5.97 Å². The summed E-state index contributed by atoms with van der Waals surface area (Å²) in [4.78, 5) is 20.5. The van der Waals surface area contributed by atoms with Gasteiger partial charge in [0, 0.05) is 5.39 Å². The van der Waals surface area contributed by atoms with E-state index in [1.807, 2.05) is 39.0 Å². The van der Waals surface area contributed by atoms with Crippen molar-refractivity contribution in [2.45, 2.75) is 53.0 Å². The van der Waals surface area contributed by atoms with E-state index in [0.29, 0.717) is 12.4 Å². The summed E-state index contributed by atoms with van der Waals surface area (Å²) in [5, 5.41) is 4.33. The Balaban J connectivity index is 2.24.